The predicted molar refractivity (Wildman–Crippen MR) is 74.6 cm³/mol. The van der Waals surface area contributed by atoms with Crippen LogP contribution in [0.15, 0.2) is 33.8 Å². The second kappa shape index (κ2) is 6.20. The van der Waals surface area contributed by atoms with Crippen molar-refractivity contribution in [3.63, 3.8) is 0 Å². The van der Waals surface area contributed by atoms with Crippen molar-refractivity contribution in [2.75, 3.05) is 13.2 Å². The summed E-state index contributed by atoms with van der Waals surface area (Å²) < 4.78 is 10.6. The fourth-order valence-corrected chi connectivity index (χ4v) is 1.80. The molecular weight excluding hydrogens is 294 g/mol. The van der Waals surface area contributed by atoms with Crippen LogP contribution in [0.4, 0.5) is 11.4 Å². The molecule has 1 aliphatic heterocycles. The predicted octanol–water partition coefficient (Wildman–Crippen LogP) is 2.83. The largest absolute Gasteiger partial charge is 0.510 e. The van der Waals surface area contributed by atoms with Gasteiger partial charge in [0.15, 0.2) is 28.7 Å². The molecule has 1 aromatic carbocycles. The summed E-state index contributed by atoms with van der Waals surface area (Å²) >= 11 is 0. The van der Waals surface area contributed by atoms with E-state index < -0.39 is 10.7 Å². The van der Waals surface area contributed by atoms with Gasteiger partial charge in [-0.05, 0) is 6.92 Å². The molecule has 0 saturated heterocycles. The summed E-state index contributed by atoms with van der Waals surface area (Å²) in [6.07, 6.45) is 0. The lowest BCUT2D eigenvalue weighted by molar-refractivity contribution is -0.384. The lowest BCUT2D eigenvalue weighted by Crippen LogP contribution is -2.15. The van der Waals surface area contributed by atoms with Crippen LogP contribution in [0.1, 0.15) is 13.8 Å². The molecule has 1 aromatic rings. The molecule has 2 rings (SSSR count). The molecule has 0 aliphatic carbocycles. The number of nitro benzene ring substituents is 1. The summed E-state index contributed by atoms with van der Waals surface area (Å²) in [6.45, 7) is 3.09. The SMILES string of the molecule is CC(=O)/C(N=Nc1cc2c(cc1[N+](=O)[O-])OCCO2)=C(/C)O. The van der Waals surface area contributed by atoms with Gasteiger partial charge in [0.2, 0.25) is 0 Å². The Labute approximate surface area is 125 Å². The average molecular weight is 307 g/mol. The highest BCUT2D eigenvalue weighted by Crippen LogP contribution is 2.41. The number of fused-ring (bicyclic) bond motifs is 1. The summed E-state index contributed by atoms with van der Waals surface area (Å²) in [5, 5.41) is 27.7. The van der Waals surface area contributed by atoms with Gasteiger partial charge < -0.3 is 14.6 Å². The van der Waals surface area contributed by atoms with Crippen molar-refractivity contribution in [2.24, 2.45) is 10.2 Å². The van der Waals surface area contributed by atoms with E-state index >= 15 is 0 Å². The first-order valence-electron chi connectivity index (χ1n) is 6.30. The molecule has 9 nitrogen and oxygen atoms in total. The number of nitro groups is 1. The Bertz CT molecular complexity index is 691. The smallest absolute Gasteiger partial charge is 0.300 e. The molecule has 1 aliphatic rings. The maximum absolute atomic E-state index is 11.3. The number of rotatable bonds is 4. The highest BCUT2D eigenvalue weighted by molar-refractivity contribution is 5.93. The minimum absolute atomic E-state index is 0.103. The zero-order valence-electron chi connectivity index (χ0n) is 11.9. The number of carbonyl (C=O) groups is 1. The molecule has 0 saturated carbocycles. The second-order valence-corrected chi connectivity index (χ2v) is 4.43. The number of hydrogen-bond acceptors (Lipinski definition) is 8. The minimum Gasteiger partial charge on any atom is -0.510 e. The van der Waals surface area contributed by atoms with Gasteiger partial charge in [-0.2, -0.15) is 0 Å². The summed E-state index contributed by atoms with van der Waals surface area (Å²) in [5.74, 6) is -0.280. The molecule has 1 N–H and O–H groups in total. The van der Waals surface area contributed by atoms with Crippen molar-refractivity contribution in [1.29, 1.82) is 0 Å². The third kappa shape index (κ3) is 3.19. The van der Waals surface area contributed by atoms with Crippen molar-refractivity contribution >= 4 is 17.2 Å². The first kappa shape index (κ1) is 15.4. The molecule has 0 atom stereocenters. The maximum atomic E-state index is 11.3. The number of allylic oxidation sites excluding steroid dienone is 2. The molecule has 22 heavy (non-hydrogen) atoms. The van der Waals surface area contributed by atoms with Crippen molar-refractivity contribution in [1.82, 2.24) is 0 Å². The quantitative estimate of drug-likeness (QED) is 0.300. The van der Waals surface area contributed by atoms with Gasteiger partial charge in [-0.25, -0.2) is 0 Å². The zero-order valence-corrected chi connectivity index (χ0v) is 11.9. The summed E-state index contributed by atoms with van der Waals surface area (Å²) in [6, 6.07) is 2.49. The standard InChI is InChI=1S/C13H13N3O6/c1-7(17)13(8(2)18)15-14-9-5-11-12(22-4-3-21-11)6-10(9)16(19)20/h5-6,17H,3-4H2,1-2H3/b13-7+,15-14?. The molecule has 0 bridgehead atoms. The molecule has 0 amide bonds. The Morgan fingerprint density at radius 2 is 1.86 bits per heavy atom. The number of azo groups is 1. The number of ether oxygens (including phenoxy) is 2. The van der Waals surface area contributed by atoms with Crippen molar-refractivity contribution < 1.29 is 24.3 Å². The first-order chi connectivity index (χ1) is 10.4. The Balaban J connectivity index is 2.48. The summed E-state index contributed by atoms with van der Waals surface area (Å²) in [4.78, 5) is 21.8. The van der Waals surface area contributed by atoms with Crippen LogP contribution in [-0.2, 0) is 4.79 Å². The van der Waals surface area contributed by atoms with Gasteiger partial charge in [-0.15, -0.1) is 10.2 Å². The third-order valence-corrected chi connectivity index (χ3v) is 2.77. The summed E-state index contributed by atoms with van der Waals surface area (Å²) in [7, 11) is 0. The fourth-order valence-electron chi connectivity index (χ4n) is 1.80. The average Bonchev–Trinajstić information content (AvgIpc) is 2.45. The van der Waals surface area contributed by atoms with E-state index in [-0.39, 0.29) is 28.6 Å². The molecule has 116 valence electrons. The number of aliphatic hydroxyl groups excluding tert-OH is 1. The number of Topliss-reactive ketones (excluding diaryl/α,β-unsaturated/α-hetero) is 1. The third-order valence-electron chi connectivity index (χ3n) is 2.77. The lowest BCUT2D eigenvalue weighted by Gasteiger charge is -2.18. The van der Waals surface area contributed by atoms with Crippen LogP contribution in [0.25, 0.3) is 0 Å². The van der Waals surface area contributed by atoms with Gasteiger partial charge in [-0.3, -0.25) is 14.9 Å². The Hall–Kier alpha value is -2.97. The lowest BCUT2D eigenvalue weighted by atomic mass is 10.2. The molecule has 0 fully saturated rings. The zero-order chi connectivity index (χ0) is 16.3. The molecule has 0 unspecified atom stereocenters. The van der Waals surface area contributed by atoms with E-state index in [0.29, 0.717) is 19.0 Å². The number of nitrogens with zero attached hydrogens (tertiary/aromatic N) is 3. The Morgan fingerprint density at radius 3 is 2.36 bits per heavy atom. The van der Waals surface area contributed by atoms with Crippen molar-refractivity contribution in [2.45, 2.75) is 13.8 Å². The fraction of sp³-hybridized carbons (Fsp3) is 0.308. The van der Waals surface area contributed by atoms with Gasteiger partial charge >= 0.3 is 5.69 Å². The van der Waals surface area contributed by atoms with E-state index in [1.54, 1.807) is 0 Å². The van der Waals surface area contributed by atoms with Crippen molar-refractivity contribution in [3.8, 4) is 11.5 Å². The second-order valence-electron chi connectivity index (χ2n) is 4.43. The topological polar surface area (TPSA) is 124 Å². The number of aliphatic hydroxyl groups is 1. The highest BCUT2D eigenvalue weighted by atomic mass is 16.6. The molecule has 0 aromatic heterocycles. The monoisotopic (exact) mass is 307 g/mol. The van der Waals surface area contributed by atoms with Crippen molar-refractivity contribution in [3.05, 3.63) is 33.7 Å². The van der Waals surface area contributed by atoms with Crippen LogP contribution in [0.2, 0.25) is 0 Å². The maximum Gasteiger partial charge on any atom is 0.300 e. The van der Waals surface area contributed by atoms with Crippen LogP contribution in [0, 0.1) is 10.1 Å². The Morgan fingerprint density at radius 1 is 1.27 bits per heavy atom. The van der Waals surface area contributed by atoms with Gasteiger partial charge in [0, 0.05) is 13.0 Å². The van der Waals surface area contributed by atoms with Gasteiger partial charge in [0.25, 0.3) is 0 Å². The van der Waals surface area contributed by atoms with Gasteiger partial charge in [-0.1, -0.05) is 0 Å². The number of carbonyl (C=O) groups excluding carboxylic acids is 1. The van der Waals surface area contributed by atoms with E-state index in [1.165, 1.54) is 26.0 Å². The van der Waals surface area contributed by atoms with E-state index in [9.17, 15) is 20.0 Å². The first-order valence-corrected chi connectivity index (χ1v) is 6.30. The van der Waals surface area contributed by atoms with E-state index in [4.69, 9.17) is 9.47 Å². The molecular formula is C13H13N3O6. The van der Waals surface area contributed by atoms with Gasteiger partial charge in [0.1, 0.15) is 19.0 Å². The van der Waals surface area contributed by atoms with Crippen LogP contribution in [0.5, 0.6) is 11.5 Å². The normalized spacial score (nSPS) is 14.6. The molecule has 0 spiro atoms. The van der Waals surface area contributed by atoms with Crippen LogP contribution >= 0.6 is 0 Å². The summed E-state index contributed by atoms with van der Waals surface area (Å²) in [5.41, 5.74) is -0.718. The van der Waals surface area contributed by atoms with Crippen LogP contribution in [0.3, 0.4) is 0 Å². The molecule has 1 heterocycles. The van der Waals surface area contributed by atoms with Gasteiger partial charge in [0.05, 0.1) is 11.0 Å². The number of ketones is 1. The van der Waals surface area contributed by atoms with E-state index in [0.717, 1.165) is 0 Å². The van der Waals surface area contributed by atoms with E-state index in [2.05, 4.69) is 10.2 Å². The number of hydrogen-bond donors (Lipinski definition) is 1. The Kier molecular flexibility index (Phi) is 4.35. The minimum atomic E-state index is -0.643. The van der Waals surface area contributed by atoms with Crippen LogP contribution in [-0.4, -0.2) is 29.0 Å². The van der Waals surface area contributed by atoms with E-state index in [1.807, 2.05) is 0 Å². The molecule has 9 heteroatoms. The number of benzene rings is 1. The van der Waals surface area contributed by atoms with Crippen LogP contribution < -0.4 is 9.47 Å². The highest BCUT2D eigenvalue weighted by Gasteiger charge is 2.22. The molecule has 0 radical (unpaired) electrons.